The second-order valence-electron chi connectivity index (χ2n) is 6.20. The van der Waals surface area contributed by atoms with E-state index in [4.69, 9.17) is 0 Å². The highest BCUT2D eigenvalue weighted by Gasteiger charge is 2.23. The van der Waals surface area contributed by atoms with Crippen molar-refractivity contribution in [3.05, 3.63) is 16.1 Å². The van der Waals surface area contributed by atoms with Crippen LogP contribution in [0.4, 0.5) is 0 Å². The molecule has 1 aromatic rings. The van der Waals surface area contributed by atoms with Crippen LogP contribution < -0.4 is 5.32 Å². The largest absolute Gasteiger partial charge is 0.347 e. The molecule has 2 heterocycles. The van der Waals surface area contributed by atoms with Crippen molar-refractivity contribution in [1.29, 1.82) is 0 Å². The van der Waals surface area contributed by atoms with Crippen molar-refractivity contribution in [2.75, 3.05) is 13.1 Å². The van der Waals surface area contributed by atoms with E-state index in [0.29, 0.717) is 10.7 Å². The third-order valence-electron chi connectivity index (χ3n) is 4.50. The maximum absolute atomic E-state index is 12.5. The summed E-state index contributed by atoms with van der Waals surface area (Å²) in [5.41, 5.74) is 0.420. The van der Waals surface area contributed by atoms with Gasteiger partial charge in [-0.25, -0.2) is 4.98 Å². The Balaban J connectivity index is 1.61. The number of hydrogen-bond acceptors (Lipinski definition) is 4. The number of hydrogen-bond donors (Lipinski definition) is 1. The van der Waals surface area contributed by atoms with E-state index >= 15 is 0 Å². The van der Waals surface area contributed by atoms with Crippen LogP contribution in [0.3, 0.4) is 0 Å². The fourth-order valence-corrected chi connectivity index (χ4v) is 3.92. The lowest BCUT2D eigenvalue weighted by Gasteiger charge is -2.18. The van der Waals surface area contributed by atoms with Gasteiger partial charge in [-0.3, -0.25) is 9.59 Å². The fraction of sp³-hybridized carbons (Fsp3) is 0.688. The molecule has 22 heavy (non-hydrogen) atoms. The predicted molar refractivity (Wildman–Crippen MR) is 86.2 cm³/mol. The lowest BCUT2D eigenvalue weighted by atomic mass is 10.2. The highest BCUT2D eigenvalue weighted by Crippen LogP contribution is 2.19. The Hall–Kier alpha value is -1.43. The summed E-state index contributed by atoms with van der Waals surface area (Å²) in [6.45, 7) is 1.61. The van der Waals surface area contributed by atoms with Gasteiger partial charge >= 0.3 is 0 Å². The van der Waals surface area contributed by atoms with Gasteiger partial charge in [0.1, 0.15) is 5.69 Å². The molecule has 1 saturated carbocycles. The molecule has 120 valence electrons. The summed E-state index contributed by atoms with van der Waals surface area (Å²) < 4.78 is 0. The van der Waals surface area contributed by atoms with Crippen molar-refractivity contribution >= 4 is 23.2 Å². The summed E-state index contributed by atoms with van der Waals surface area (Å²) in [6, 6.07) is 0.279. The molecular weight excluding hydrogens is 298 g/mol. The number of aromatic nitrogens is 1. The van der Waals surface area contributed by atoms with E-state index in [2.05, 4.69) is 10.3 Å². The fourth-order valence-electron chi connectivity index (χ4n) is 3.23. The topological polar surface area (TPSA) is 62.3 Å². The maximum Gasteiger partial charge on any atom is 0.280 e. The van der Waals surface area contributed by atoms with Gasteiger partial charge in [-0.2, -0.15) is 0 Å². The second kappa shape index (κ2) is 7.22. The number of nitrogens with one attached hydrogen (secondary N) is 1. The van der Waals surface area contributed by atoms with Crippen LogP contribution in [0.1, 0.15) is 71.7 Å². The Morgan fingerprint density at radius 1 is 1.09 bits per heavy atom. The van der Waals surface area contributed by atoms with E-state index in [9.17, 15) is 9.59 Å². The second-order valence-corrected chi connectivity index (χ2v) is 7.06. The zero-order chi connectivity index (χ0) is 15.4. The SMILES string of the molecule is O=C(NC1CCCC1)c1nc(C(=O)N2CCCCCC2)cs1. The Morgan fingerprint density at radius 2 is 1.77 bits per heavy atom. The van der Waals surface area contributed by atoms with Gasteiger partial charge in [0.05, 0.1) is 0 Å². The Labute approximate surface area is 135 Å². The first-order chi connectivity index (χ1) is 10.7. The number of nitrogens with zero attached hydrogens (tertiary/aromatic N) is 2. The van der Waals surface area contributed by atoms with Gasteiger partial charge < -0.3 is 10.2 Å². The summed E-state index contributed by atoms with van der Waals surface area (Å²) >= 11 is 1.27. The van der Waals surface area contributed by atoms with Crippen molar-refractivity contribution in [2.45, 2.75) is 57.4 Å². The van der Waals surface area contributed by atoms with Crippen LogP contribution >= 0.6 is 11.3 Å². The van der Waals surface area contributed by atoms with Crippen LogP contribution in [0.5, 0.6) is 0 Å². The monoisotopic (exact) mass is 321 g/mol. The number of carbonyl (C=O) groups is 2. The summed E-state index contributed by atoms with van der Waals surface area (Å²) in [4.78, 5) is 30.8. The molecule has 1 saturated heterocycles. The average molecular weight is 321 g/mol. The van der Waals surface area contributed by atoms with Crippen LogP contribution in [0, 0.1) is 0 Å². The van der Waals surface area contributed by atoms with Crippen molar-refractivity contribution in [1.82, 2.24) is 15.2 Å². The van der Waals surface area contributed by atoms with Crippen LogP contribution in [0.25, 0.3) is 0 Å². The maximum atomic E-state index is 12.5. The van der Waals surface area contributed by atoms with E-state index in [-0.39, 0.29) is 17.9 Å². The van der Waals surface area contributed by atoms with Crippen molar-refractivity contribution in [3.63, 3.8) is 0 Å². The first-order valence-corrected chi connectivity index (χ1v) is 9.17. The lowest BCUT2D eigenvalue weighted by Crippen LogP contribution is -2.33. The quantitative estimate of drug-likeness (QED) is 0.931. The molecule has 1 aliphatic carbocycles. The molecular formula is C16H23N3O2S. The zero-order valence-corrected chi connectivity index (χ0v) is 13.7. The minimum atomic E-state index is -0.133. The third kappa shape index (κ3) is 3.66. The normalized spacial score (nSPS) is 19.9. The molecule has 0 spiro atoms. The summed E-state index contributed by atoms with van der Waals surface area (Å²) in [5, 5.41) is 5.15. The van der Waals surface area contributed by atoms with Gasteiger partial charge in [0.2, 0.25) is 0 Å². The Kier molecular flexibility index (Phi) is 5.08. The zero-order valence-electron chi connectivity index (χ0n) is 12.8. The summed E-state index contributed by atoms with van der Waals surface area (Å²) in [5.74, 6) is -0.162. The number of likely N-dealkylation sites (tertiary alicyclic amines) is 1. The van der Waals surface area contributed by atoms with E-state index in [1.165, 1.54) is 37.0 Å². The molecule has 0 bridgehead atoms. The van der Waals surface area contributed by atoms with Crippen LogP contribution in [0.2, 0.25) is 0 Å². The Morgan fingerprint density at radius 3 is 2.45 bits per heavy atom. The number of carbonyl (C=O) groups excluding carboxylic acids is 2. The number of amides is 2. The lowest BCUT2D eigenvalue weighted by molar-refractivity contribution is 0.0756. The molecule has 0 radical (unpaired) electrons. The average Bonchev–Trinajstić information content (AvgIpc) is 3.13. The van der Waals surface area contributed by atoms with E-state index < -0.39 is 0 Å². The minimum absolute atomic E-state index is 0.0296. The van der Waals surface area contributed by atoms with Crippen molar-refractivity contribution in [2.24, 2.45) is 0 Å². The van der Waals surface area contributed by atoms with E-state index in [1.807, 2.05) is 4.90 Å². The standard InChI is InChI=1S/C16H23N3O2S/c20-14(17-12-7-3-4-8-12)15-18-13(11-22-15)16(21)19-9-5-1-2-6-10-19/h11-12H,1-10H2,(H,17,20). The van der Waals surface area contributed by atoms with Gasteiger partial charge in [-0.05, 0) is 25.7 Å². The van der Waals surface area contributed by atoms with Crippen LogP contribution in [0.15, 0.2) is 5.38 Å². The number of thiazole rings is 1. The molecule has 2 amide bonds. The molecule has 6 heteroatoms. The van der Waals surface area contributed by atoms with E-state index in [0.717, 1.165) is 38.8 Å². The number of rotatable bonds is 3. The summed E-state index contributed by atoms with van der Waals surface area (Å²) in [7, 11) is 0. The highest BCUT2D eigenvalue weighted by atomic mass is 32.1. The molecule has 1 N–H and O–H groups in total. The molecule has 5 nitrogen and oxygen atoms in total. The molecule has 1 aliphatic heterocycles. The molecule has 0 aromatic carbocycles. The smallest absolute Gasteiger partial charge is 0.280 e. The first-order valence-electron chi connectivity index (χ1n) is 8.30. The highest BCUT2D eigenvalue weighted by molar-refractivity contribution is 7.11. The van der Waals surface area contributed by atoms with Gasteiger partial charge in [0.15, 0.2) is 5.01 Å². The molecule has 2 fully saturated rings. The van der Waals surface area contributed by atoms with Gasteiger partial charge in [-0.15, -0.1) is 11.3 Å². The van der Waals surface area contributed by atoms with Crippen LogP contribution in [-0.4, -0.2) is 40.8 Å². The van der Waals surface area contributed by atoms with Gasteiger partial charge in [0, 0.05) is 24.5 Å². The van der Waals surface area contributed by atoms with Crippen molar-refractivity contribution in [3.8, 4) is 0 Å². The van der Waals surface area contributed by atoms with E-state index in [1.54, 1.807) is 5.38 Å². The third-order valence-corrected chi connectivity index (χ3v) is 5.34. The molecule has 0 atom stereocenters. The minimum Gasteiger partial charge on any atom is -0.347 e. The summed E-state index contributed by atoms with van der Waals surface area (Å²) in [6.07, 6.45) is 8.97. The van der Waals surface area contributed by atoms with Crippen LogP contribution in [-0.2, 0) is 0 Å². The van der Waals surface area contributed by atoms with Crippen molar-refractivity contribution < 1.29 is 9.59 Å². The first kappa shape index (κ1) is 15.5. The molecule has 3 rings (SSSR count). The molecule has 1 aromatic heterocycles. The molecule has 2 aliphatic rings. The van der Waals surface area contributed by atoms with Gasteiger partial charge in [-0.1, -0.05) is 25.7 Å². The Bertz CT molecular complexity index is 529. The van der Waals surface area contributed by atoms with Gasteiger partial charge in [0.25, 0.3) is 11.8 Å². The molecule has 0 unspecified atom stereocenters. The predicted octanol–water partition coefficient (Wildman–Crippen LogP) is 2.83.